The van der Waals surface area contributed by atoms with E-state index in [0.29, 0.717) is 0 Å². The molecule has 0 aromatic heterocycles. The summed E-state index contributed by atoms with van der Waals surface area (Å²) in [4.78, 5) is 0. The molecule has 4 N–H and O–H groups in total. The molecule has 0 rings (SSSR count). The first-order valence-corrected chi connectivity index (χ1v) is 6.81. The quantitative estimate of drug-likeness (QED) is 0.536. The summed E-state index contributed by atoms with van der Waals surface area (Å²) in [5.74, 6) is 5.71. The first kappa shape index (κ1) is 24.5. The van der Waals surface area contributed by atoms with Gasteiger partial charge in [0.15, 0.2) is 0 Å². The molecule has 6 heteroatoms. The molecule has 85 valence electrons. The van der Waals surface area contributed by atoms with Crippen LogP contribution in [0.2, 0.25) is 0 Å². The first-order valence-electron chi connectivity index (χ1n) is 4.50. The summed E-state index contributed by atoms with van der Waals surface area (Å²) in [6, 6.07) is 0. The van der Waals surface area contributed by atoms with Gasteiger partial charge in [0.1, 0.15) is 0 Å². The zero-order valence-electron chi connectivity index (χ0n) is 11.2. The summed E-state index contributed by atoms with van der Waals surface area (Å²) in [5.41, 5.74) is 0. The molecule has 0 amide bonds. The molecule has 0 saturated carbocycles. The second-order valence-electron chi connectivity index (χ2n) is 2.49. The second-order valence-corrected chi connectivity index (χ2v) is 7.25. The van der Waals surface area contributed by atoms with Gasteiger partial charge in [-0.2, -0.15) is 0 Å². The number of hydrogen-bond donors (Lipinski definition) is 2. The van der Waals surface area contributed by atoms with Crippen LogP contribution in [0.25, 0.3) is 0 Å². The minimum atomic E-state index is -0.148. The van der Waals surface area contributed by atoms with Crippen molar-refractivity contribution in [2.24, 2.45) is 0 Å². The van der Waals surface area contributed by atoms with Crippen molar-refractivity contribution >= 4 is 17.7 Å². The standard InChI is InChI=1S/C8H20S.BH2O2.Na.H2O.H/c1-5-9(6-2,7-3)8-4;2-1-3;;;/h5-8H2,1-4H3;2-3H;;1H2;/q;;+1;;-1. The van der Waals surface area contributed by atoms with Crippen LogP contribution in [-0.2, 0) is 0 Å². The van der Waals surface area contributed by atoms with Crippen molar-refractivity contribution in [2.45, 2.75) is 27.7 Å². The SMILES string of the molecule is CCS(CC)(CC)CC.O.O[B]O.[H-].[Na+]. The fourth-order valence-electron chi connectivity index (χ4n) is 1.22. The summed E-state index contributed by atoms with van der Waals surface area (Å²) in [6.45, 7) is 9.36. The molecule has 0 aliphatic carbocycles. The molecule has 1 radical (unpaired) electrons. The Morgan fingerprint density at radius 3 is 1.07 bits per heavy atom. The van der Waals surface area contributed by atoms with Gasteiger partial charge in [-0.15, -0.1) is 0 Å². The van der Waals surface area contributed by atoms with Crippen molar-refractivity contribution in [2.75, 3.05) is 23.0 Å². The molecule has 0 spiro atoms. The van der Waals surface area contributed by atoms with Gasteiger partial charge in [0.25, 0.3) is 0 Å². The third kappa shape index (κ3) is 11.4. The summed E-state index contributed by atoms with van der Waals surface area (Å²) >= 11 is 0. The van der Waals surface area contributed by atoms with E-state index in [1.54, 1.807) is 0 Å². The van der Waals surface area contributed by atoms with E-state index in [0.717, 1.165) is 0 Å². The summed E-state index contributed by atoms with van der Waals surface area (Å²) < 4.78 is 0. The summed E-state index contributed by atoms with van der Waals surface area (Å²) in [6.07, 6.45) is 0. The number of rotatable bonds is 4. The zero-order chi connectivity index (χ0) is 10.0. The van der Waals surface area contributed by atoms with Crippen LogP contribution in [0.1, 0.15) is 29.1 Å². The molecule has 14 heavy (non-hydrogen) atoms. The van der Waals surface area contributed by atoms with E-state index in [1.807, 2.05) is 0 Å². The monoisotopic (exact) mass is 235 g/mol. The average molecular weight is 235 g/mol. The predicted molar refractivity (Wildman–Crippen MR) is 64.7 cm³/mol. The zero-order valence-corrected chi connectivity index (χ0v) is 13.0. The van der Waals surface area contributed by atoms with Gasteiger partial charge >= 0.3 is 37.2 Å². The van der Waals surface area contributed by atoms with Crippen molar-refractivity contribution in [1.29, 1.82) is 0 Å². The van der Waals surface area contributed by atoms with Gasteiger partial charge in [-0.25, -0.2) is 10.0 Å². The Labute approximate surface area is 114 Å². The molecule has 0 bridgehead atoms. The molecule has 0 saturated heterocycles. The molecule has 3 nitrogen and oxygen atoms in total. The maximum absolute atomic E-state index is 7.00. The van der Waals surface area contributed by atoms with Crippen LogP contribution in [0.3, 0.4) is 0 Å². The summed E-state index contributed by atoms with van der Waals surface area (Å²) in [7, 11) is -0.148. The minimum Gasteiger partial charge on any atom is -1.00 e. The molecule has 0 fully saturated rings. The number of hydrogen-bond acceptors (Lipinski definition) is 2. The average Bonchev–Trinajstić information content (AvgIpc) is 2.11. The normalized spacial score (nSPS) is 9.86. The fraction of sp³-hybridized carbons (Fsp3) is 1.00. The van der Waals surface area contributed by atoms with Crippen molar-refractivity contribution in [3.05, 3.63) is 0 Å². The van der Waals surface area contributed by atoms with Crippen LogP contribution in [-0.4, -0.2) is 46.2 Å². The van der Waals surface area contributed by atoms with Gasteiger partial charge < -0.3 is 17.0 Å². The first-order chi connectivity index (χ1) is 5.66. The third-order valence-corrected chi connectivity index (χ3v) is 7.35. The van der Waals surface area contributed by atoms with Gasteiger partial charge in [0, 0.05) is 0 Å². The van der Waals surface area contributed by atoms with Crippen LogP contribution in [0.15, 0.2) is 0 Å². The third-order valence-electron chi connectivity index (χ3n) is 2.45. The smallest absolute Gasteiger partial charge is 1.00 e. The molecule has 0 aliphatic heterocycles. The van der Waals surface area contributed by atoms with E-state index in [-0.39, 0.29) is 54.2 Å². The topological polar surface area (TPSA) is 72.0 Å². The van der Waals surface area contributed by atoms with Crippen LogP contribution < -0.4 is 29.6 Å². The Balaban J connectivity index is -0.0000000500. The Hall–Kier alpha value is 1.29. The Bertz CT molecular complexity index is 82.4. The van der Waals surface area contributed by atoms with Crippen molar-refractivity contribution in [3.8, 4) is 0 Å². The molecule has 0 atom stereocenters. The van der Waals surface area contributed by atoms with Crippen LogP contribution in [0, 0.1) is 0 Å². The molecular formula is C8H25BNaO3S. The fourth-order valence-corrected chi connectivity index (χ4v) is 3.67. The predicted octanol–water partition coefficient (Wildman–Crippen LogP) is -2.33. The van der Waals surface area contributed by atoms with Crippen molar-refractivity contribution < 1.29 is 46.5 Å². The molecule has 0 aromatic carbocycles. The van der Waals surface area contributed by atoms with Gasteiger partial charge in [-0.1, -0.05) is 27.7 Å². The van der Waals surface area contributed by atoms with Gasteiger partial charge in [0.05, 0.1) is 0 Å². The Morgan fingerprint density at radius 1 is 0.929 bits per heavy atom. The van der Waals surface area contributed by atoms with Crippen molar-refractivity contribution in [1.82, 2.24) is 0 Å². The largest absolute Gasteiger partial charge is 1.00 e. The van der Waals surface area contributed by atoms with Gasteiger partial charge in [-0.3, -0.25) is 0 Å². The molecule has 0 aliphatic rings. The van der Waals surface area contributed by atoms with Crippen LogP contribution in [0.4, 0.5) is 0 Å². The molecular weight excluding hydrogens is 210 g/mol. The second kappa shape index (κ2) is 16.7. The maximum Gasteiger partial charge on any atom is 1.00 e. The molecule has 0 aromatic rings. The summed E-state index contributed by atoms with van der Waals surface area (Å²) in [5, 5.41) is 14.0. The molecule has 0 heterocycles. The van der Waals surface area contributed by atoms with E-state index in [2.05, 4.69) is 27.7 Å². The van der Waals surface area contributed by atoms with Crippen LogP contribution in [0.5, 0.6) is 0 Å². The van der Waals surface area contributed by atoms with E-state index < -0.39 is 0 Å². The Kier molecular flexibility index (Phi) is 29.2. The van der Waals surface area contributed by atoms with E-state index >= 15 is 0 Å². The van der Waals surface area contributed by atoms with Gasteiger partial charge in [0.2, 0.25) is 0 Å². The minimum absolute atomic E-state index is 0. The maximum atomic E-state index is 7.00. The van der Waals surface area contributed by atoms with Crippen LogP contribution >= 0.6 is 10.0 Å². The van der Waals surface area contributed by atoms with E-state index in [4.69, 9.17) is 10.0 Å². The van der Waals surface area contributed by atoms with E-state index in [1.165, 1.54) is 23.0 Å². The Morgan fingerprint density at radius 2 is 1.07 bits per heavy atom. The van der Waals surface area contributed by atoms with Gasteiger partial charge in [-0.05, 0) is 23.0 Å². The molecule has 0 unspecified atom stereocenters. The van der Waals surface area contributed by atoms with Crippen molar-refractivity contribution in [3.63, 3.8) is 0 Å². The van der Waals surface area contributed by atoms with E-state index in [9.17, 15) is 0 Å².